The van der Waals surface area contributed by atoms with E-state index in [0.717, 1.165) is 34.6 Å². The Morgan fingerprint density at radius 3 is 2.48 bits per heavy atom. The van der Waals surface area contributed by atoms with E-state index < -0.39 is 0 Å². The summed E-state index contributed by atoms with van der Waals surface area (Å²) in [5.41, 5.74) is 2.92. The van der Waals surface area contributed by atoms with Crippen LogP contribution in [0.25, 0.3) is 0 Å². The smallest absolute Gasteiger partial charge is 0.240 e. The first-order valence-corrected chi connectivity index (χ1v) is 11.2. The zero-order valence-electron chi connectivity index (χ0n) is 17.7. The predicted molar refractivity (Wildman–Crippen MR) is 112 cm³/mol. The number of carbonyl (C=O) groups excluding carboxylic acids is 4. The highest BCUT2D eigenvalue weighted by atomic mass is 16.2. The molecule has 5 rings (SSSR count). The maximum absolute atomic E-state index is 12.6. The first kappa shape index (κ1) is 20.0. The van der Waals surface area contributed by atoms with Crippen LogP contribution in [-0.4, -0.2) is 53.1 Å². The summed E-state index contributed by atoms with van der Waals surface area (Å²) in [4.78, 5) is 52.8. The van der Waals surface area contributed by atoms with Crippen LogP contribution in [0.15, 0.2) is 18.2 Å². The summed E-state index contributed by atoms with van der Waals surface area (Å²) in [6.45, 7) is 3.85. The summed E-state index contributed by atoms with van der Waals surface area (Å²) in [5, 5.41) is 6.14. The van der Waals surface area contributed by atoms with Gasteiger partial charge in [-0.25, -0.2) is 0 Å². The second kappa shape index (κ2) is 7.66. The zero-order valence-corrected chi connectivity index (χ0v) is 17.7. The molecular formula is C23H28N4O4. The number of nitrogens with one attached hydrogen (secondary N) is 2. The third kappa shape index (κ3) is 3.28. The first-order valence-electron chi connectivity index (χ1n) is 11.2. The van der Waals surface area contributed by atoms with Crippen LogP contribution in [0.2, 0.25) is 0 Å². The molecule has 1 aromatic rings. The summed E-state index contributed by atoms with van der Waals surface area (Å²) < 4.78 is 0. The molecule has 2 saturated carbocycles. The van der Waals surface area contributed by atoms with Gasteiger partial charge in [0.25, 0.3) is 0 Å². The van der Waals surface area contributed by atoms with Crippen LogP contribution in [-0.2, 0) is 32.3 Å². The van der Waals surface area contributed by atoms with E-state index in [2.05, 4.69) is 10.6 Å². The molecule has 1 aromatic carbocycles. The molecule has 1 saturated heterocycles. The van der Waals surface area contributed by atoms with Gasteiger partial charge in [-0.05, 0) is 48.8 Å². The van der Waals surface area contributed by atoms with E-state index in [-0.39, 0.29) is 42.0 Å². The first-order chi connectivity index (χ1) is 15.0. The third-order valence-electron chi connectivity index (χ3n) is 7.51. The van der Waals surface area contributed by atoms with Gasteiger partial charge in [0.05, 0.1) is 11.8 Å². The number of fused-ring (bicyclic) bond motifs is 5. The number of nitrogens with zero attached hydrogens (tertiary/aromatic N) is 2. The molecule has 3 fully saturated rings. The molecule has 4 atom stereocenters. The molecule has 2 aliphatic heterocycles. The van der Waals surface area contributed by atoms with Crippen LogP contribution in [0.1, 0.15) is 37.3 Å². The highest BCUT2D eigenvalue weighted by Crippen LogP contribution is 2.61. The Hall–Kier alpha value is -2.90. The van der Waals surface area contributed by atoms with Gasteiger partial charge in [-0.3, -0.25) is 24.1 Å². The Balaban J connectivity index is 1.20. The second-order valence-electron chi connectivity index (χ2n) is 9.07. The van der Waals surface area contributed by atoms with Crippen LogP contribution in [0.4, 0.5) is 5.69 Å². The largest absolute Gasteiger partial charge is 0.384 e. The van der Waals surface area contributed by atoms with Crippen molar-refractivity contribution >= 4 is 29.3 Å². The van der Waals surface area contributed by atoms with E-state index >= 15 is 0 Å². The third-order valence-corrected chi connectivity index (χ3v) is 7.51. The number of carbonyl (C=O) groups is 4. The number of benzene rings is 1. The molecule has 0 spiro atoms. The molecule has 0 radical (unpaired) electrons. The fourth-order valence-corrected chi connectivity index (χ4v) is 5.63. The molecule has 2 N–H and O–H groups in total. The minimum atomic E-state index is -0.328. The lowest BCUT2D eigenvalue weighted by molar-refractivity contribution is -0.149. The lowest BCUT2D eigenvalue weighted by Crippen LogP contribution is -2.54. The highest BCUT2D eigenvalue weighted by molar-refractivity contribution is 6.09. The Kier molecular flexibility index (Phi) is 4.95. The van der Waals surface area contributed by atoms with Gasteiger partial charge in [0, 0.05) is 38.3 Å². The Morgan fingerprint density at radius 1 is 1.13 bits per heavy atom. The van der Waals surface area contributed by atoms with Crippen molar-refractivity contribution in [1.29, 1.82) is 0 Å². The molecule has 4 amide bonds. The van der Waals surface area contributed by atoms with Gasteiger partial charge in [0.2, 0.25) is 23.6 Å². The zero-order chi connectivity index (χ0) is 21.7. The van der Waals surface area contributed by atoms with Crippen LogP contribution < -0.4 is 10.6 Å². The summed E-state index contributed by atoms with van der Waals surface area (Å²) in [6, 6.07) is 5.91. The normalized spacial score (nSPS) is 29.0. The van der Waals surface area contributed by atoms with Crippen LogP contribution in [0, 0.1) is 23.7 Å². The van der Waals surface area contributed by atoms with Crippen molar-refractivity contribution in [3.8, 4) is 0 Å². The van der Waals surface area contributed by atoms with E-state index in [9.17, 15) is 19.2 Å². The van der Waals surface area contributed by atoms with Crippen molar-refractivity contribution in [3.05, 3.63) is 29.3 Å². The van der Waals surface area contributed by atoms with Crippen LogP contribution in [0.5, 0.6) is 0 Å². The molecule has 0 aromatic heterocycles. The Bertz CT molecular complexity index is 933. The highest BCUT2D eigenvalue weighted by Gasteiger charge is 2.67. The van der Waals surface area contributed by atoms with Gasteiger partial charge in [-0.2, -0.15) is 0 Å². The number of hydrogen-bond donors (Lipinski definition) is 2. The van der Waals surface area contributed by atoms with E-state index in [1.165, 1.54) is 0 Å². The molecule has 2 unspecified atom stereocenters. The number of anilines is 1. The van der Waals surface area contributed by atoms with Gasteiger partial charge in [0.15, 0.2) is 0 Å². The maximum atomic E-state index is 12.6. The van der Waals surface area contributed by atoms with Gasteiger partial charge < -0.3 is 15.5 Å². The summed E-state index contributed by atoms with van der Waals surface area (Å²) in [6.07, 6.45) is 2.53. The standard InChI is InChI=1S/C23H28N4O4/c1-2-26-11-14-9-13(3-6-17(14)24-8-7-19(26)29)10-25-18(28)12-27-22(30)20-15-4-5-16(15)21(20)23(27)31/h3,6,9,15-16,20-21,24H,2,4-5,7-8,10-12H2,1H3,(H,25,28)/t15-,16?,20+,21?/m0/s1. The van der Waals surface area contributed by atoms with E-state index in [0.29, 0.717) is 44.4 Å². The maximum Gasteiger partial charge on any atom is 0.240 e. The minimum absolute atomic E-state index is 0.127. The van der Waals surface area contributed by atoms with Crippen molar-refractivity contribution in [3.63, 3.8) is 0 Å². The Morgan fingerprint density at radius 2 is 1.84 bits per heavy atom. The van der Waals surface area contributed by atoms with Crippen LogP contribution in [0.3, 0.4) is 0 Å². The molecule has 4 aliphatic rings. The molecule has 8 heteroatoms. The second-order valence-corrected chi connectivity index (χ2v) is 9.07. The van der Waals surface area contributed by atoms with E-state index in [1.54, 1.807) is 0 Å². The number of hydrogen-bond acceptors (Lipinski definition) is 5. The van der Waals surface area contributed by atoms with Crippen molar-refractivity contribution in [2.75, 3.05) is 25.0 Å². The number of imide groups is 1. The van der Waals surface area contributed by atoms with E-state index in [1.807, 2.05) is 30.0 Å². The Labute approximate surface area is 181 Å². The quantitative estimate of drug-likeness (QED) is 0.690. The minimum Gasteiger partial charge on any atom is -0.384 e. The van der Waals surface area contributed by atoms with Gasteiger partial charge in [-0.1, -0.05) is 12.1 Å². The lowest BCUT2D eigenvalue weighted by Gasteiger charge is -2.53. The number of likely N-dealkylation sites (tertiary alicyclic amines) is 1. The fourth-order valence-electron chi connectivity index (χ4n) is 5.63. The van der Waals surface area contributed by atoms with Gasteiger partial charge >= 0.3 is 0 Å². The average molecular weight is 425 g/mol. The monoisotopic (exact) mass is 424 g/mol. The predicted octanol–water partition coefficient (Wildman–Crippen LogP) is 1.11. The molecule has 8 nitrogen and oxygen atoms in total. The lowest BCUT2D eigenvalue weighted by atomic mass is 9.48. The van der Waals surface area contributed by atoms with Crippen molar-refractivity contribution in [2.24, 2.45) is 23.7 Å². The van der Waals surface area contributed by atoms with Crippen LogP contribution >= 0.6 is 0 Å². The van der Waals surface area contributed by atoms with Crippen molar-refractivity contribution < 1.29 is 19.2 Å². The SMILES string of the molecule is CCN1Cc2cc(CNC(=O)CN3C(=O)C4C5CC[C@@H]5[C@H]4C3=O)ccc2NCCC1=O. The number of amides is 4. The summed E-state index contributed by atoms with van der Waals surface area (Å²) in [5.74, 6) is -0.158. The average Bonchev–Trinajstić information content (AvgIpc) is 2.92. The molecule has 164 valence electrons. The molecule has 0 bridgehead atoms. The van der Waals surface area contributed by atoms with Gasteiger partial charge in [-0.15, -0.1) is 0 Å². The molecule has 31 heavy (non-hydrogen) atoms. The molecule has 2 heterocycles. The van der Waals surface area contributed by atoms with Gasteiger partial charge in [0.1, 0.15) is 6.54 Å². The summed E-state index contributed by atoms with van der Waals surface area (Å²) >= 11 is 0. The van der Waals surface area contributed by atoms with Crippen molar-refractivity contribution in [2.45, 2.75) is 39.3 Å². The number of rotatable bonds is 5. The molecular weight excluding hydrogens is 396 g/mol. The van der Waals surface area contributed by atoms with Crippen molar-refractivity contribution in [1.82, 2.24) is 15.1 Å². The fraction of sp³-hybridized carbons (Fsp3) is 0.565. The molecule has 2 aliphatic carbocycles. The summed E-state index contributed by atoms with van der Waals surface area (Å²) in [7, 11) is 0. The van der Waals surface area contributed by atoms with E-state index in [4.69, 9.17) is 0 Å². The topological polar surface area (TPSA) is 98.8 Å².